The van der Waals surface area contributed by atoms with Crippen molar-refractivity contribution in [1.29, 1.82) is 0 Å². The van der Waals surface area contributed by atoms with Gasteiger partial charge in [-0.2, -0.15) is 0 Å². The maximum absolute atomic E-state index is 11.9. The van der Waals surface area contributed by atoms with Crippen LogP contribution in [0.5, 0.6) is 17.2 Å². The zero-order valence-electron chi connectivity index (χ0n) is 10.8. The van der Waals surface area contributed by atoms with Crippen LogP contribution in [-0.4, -0.2) is 25.9 Å². The number of nitrogens with zero attached hydrogens (tertiary/aromatic N) is 1. The quantitative estimate of drug-likeness (QED) is 0.828. The van der Waals surface area contributed by atoms with E-state index in [1.165, 1.54) is 17.7 Å². The molecule has 0 bridgehead atoms. The van der Waals surface area contributed by atoms with Gasteiger partial charge in [-0.05, 0) is 12.1 Å². The van der Waals surface area contributed by atoms with Crippen molar-refractivity contribution >= 4 is 10.9 Å². The summed E-state index contributed by atoms with van der Waals surface area (Å²) in [6.45, 7) is 0. The minimum atomic E-state index is -0.161. The van der Waals surface area contributed by atoms with Crippen LogP contribution >= 0.6 is 0 Å². The standard InChI is InChI=1S/C13H15NO4/c1-14-11(15)7-10(18-4)12-8(16-2)5-6-9(17-3)13(12)14/h5-7H,1-4H3. The molecule has 2 aromatic rings. The molecule has 5 heteroatoms. The van der Waals surface area contributed by atoms with Crippen molar-refractivity contribution in [3.8, 4) is 17.2 Å². The van der Waals surface area contributed by atoms with E-state index in [9.17, 15) is 4.79 Å². The van der Waals surface area contributed by atoms with E-state index < -0.39 is 0 Å². The van der Waals surface area contributed by atoms with E-state index in [0.717, 1.165) is 5.39 Å². The summed E-state index contributed by atoms with van der Waals surface area (Å²) in [5, 5.41) is 0.724. The van der Waals surface area contributed by atoms with Gasteiger partial charge in [-0.15, -0.1) is 0 Å². The highest BCUT2D eigenvalue weighted by atomic mass is 16.5. The highest BCUT2D eigenvalue weighted by molar-refractivity contribution is 5.95. The smallest absolute Gasteiger partial charge is 0.254 e. The van der Waals surface area contributed by atoms with E-state index in [4.69, 9.17) is 14.2 Å². The number of benzene rings is 1. The minimum absolute atomic E-state index is 0.161. The fraction of sp³-hybridized carbons (Fsp3) is 0.308. The number of hydrogen-bond acceptors (Lipinski definition) is 4. The van der Waals surface area contributed by atoms with Crippen molar-refractivity contribution in [1.82, 2.24) is 4.57 Å². The molecule has 0 aliphatic heterocycles. The lowest BCUT2D eigenvalue weighted by molar-refractivity contribution is 0.398. The second kappa shape index (κ2) is 4.60. The predicted octanol–water partition coefficient (Wildman–Crippen LogP) is 1.56. The van der Waals surface area contributed by atoms with Gasteiger partial charge >= 0.3 is 0 Å². The molecule has 18 heavy (non-hydrogen) atoms. The molecular formula is C13H15NO4. The lowest BCUT2D eigenvalue weighted by Gasteiger charge is -2.15. The maximum atomic E-state index is 11.9. The Hall–Kier alpha value is -2.17. The van der Waals surface area contributed by atoms with Gasteiger partial charge in [0.25, 0.3) is 5.56 Å². The zero-order valence-corrected chi connectivity index (χ0v) is 10.8. The van der Waals surface area contributed by atoms with Crippen LogP contribution in [0.2, 0.25) is 0 Å². The molecule has 96 valence electrons. The monoisotopic (exact) mass is 249 g/mol. The lowest BCUT2D eigenvalue weighted by Crippen LogP contribution is -2.17. The Labute approximate surface area is 105 Å². The van der Waals surface area contributed by atoms with Crippen LogP contribution in [0.3, 0.4) is 0 Å². The summed E-state index contributed by atoms with van der Waals surface area (Å²) >= 11 is 0. The molecular weight excluding hydrogens is 234 g/mol. The number of pyridine rings is 1. The maximum Gasteiger partial charge on any atom is 0.254 e. The van der Waals surface area contributed by atoms with Crippen LogP contribution in [0, 0.1) is 0 Å². The van der Waals surface area contributed by atoms with E-state index >= 15 is 0 Å². The minimum Gasteiger partial charge on any atom is -0.496 e. The highest BCUT2D eigenvalue weighted by Crippen LogP contribution is 2.37. The fourth-order valence-electron chi connectivity index (χ4n) is 2.01. The number of ether oxygens (including phenoxy) is 3. The Morgan fingerprint density at radius 2 is 1.50 bits per heavy atom. The van der Waals surface area contributed by atoms with Crippen LogP contribution < -0.4 is 19.8 Å². The fourth-order valence-corrected chi connectivity index (χ4v) is 2.01. The second-order valence-corrected chi connectivity index (χ2v) is 3.80. The molecule has 0 radical (unpaired) electrons. The Bertz CT molecular complexity index is 645. The number of hydrogen-bond donors (Lipinski definition) is 0. The van der Waals surface area contributed by atoms with Gasteiger partial charge in [0.1, 0.15) is 22.8 Å². The summed E-state index contributed by atoms with van der Waals surface area (Å²) in [5.74, 6) is 1.71. The Morgan fingerprint density at radius 3 is 2.06 bits per heavy atom. The summed E-state index contributed by atoms with van der Waals surface area (Å²) < 4.78 is 17.4. The van der Waals surface area contributed by atoms with Crippen LogP contribution in [-0.2, 0) is 7.05 Å². The van der Waals surface area contributed by atoms with Gasteiger partial charge in [-0.3, -0.25) is 4.79 Å². The van der Waals surface area contributed by atoms with Gasteiger partial charge in [-0.1, -0.05) is 0 Å². The van der Waals surface area contributed by atoms with Gasteiger partial charge in [0.05, 0.1) is 26.7 Å². The SMILES string of the molecule is COc1ccc(OC)c2c1c(OC)cc(=O)n2C. The molecule has 0 fully saturated rings. The van der Waals surface area contributed by atoms with Gasteiger partial charge in [0, 0.05) is 13.1 Å². The number of aromatic nitrogens is 1. The van der Waals surface area contributed by atoms with Gasteiger partial charge in [-0.25, -0.2) is 0 Å². The number of rotatable bonds is 3. The van der Waals surface area contributed by atoms with Crippen LogP contribution in [0.25, 0.3) is 10.9 Å². The van der Waals surface area contributed by atoms with Gasteiger partial charge < -0.3 is 18.8 Å². The molecule has 1 heterocycles. The first-order chi connectivity index (χ1) is 8.63. The Balaban J connectivity index is 3.04. The molecule has 2 rings (SSSR count). The summed E-state index contributed by atoms with van der Waals surface area (Å²) in [5.41, 5.74) is 0.493. The predicted molar refractivity (Wildman–Crippen MR) is 68.8 cm³/mol. The molecule has 1 aromatic heterocycles. The first-order valence-corrected chi connectivity index (χ1v) is 5.42. The number of fused-ring (bicyclic) bond motifs is 1. The highest BCUT2D eigenvalue weighted by Gasteiger charge is 2.16. The van der Waals surface area contributed by atoms with Crippen molar-refractivity contribution in [2.24, 2.45) is 7.05 Å². The third-order valence-electron chi connectivity index (χ3n) is 2.93. The molecule has 0 saturated heterocycles. The Morgan fingerprint density at radius 1 is 0.944 bits per heavy atom. The van der Waals surface area contributed by atoms with Crippen LogP contribution in [0.4, 0.5) is 0 Å². The van der Waals surface area contributed by atoms with Crippen molar-refractivity contribution in [3.63, 3.8) is 0 Å². The summed E-state index contributed by atoms with van der Waals surface area (Å²) in [6, 6.07) is 4.98. The third-order valence-corrected chi connectivity index (χ3v) is 2.93. The molecule has 0 aliphatic carbocycles. The molecule has 5 nitrogen and oxygen atoms in total. The topological polar surface area (TPSA) is 49.7 Å². The van der Waals surface area contributed by atoms with Crippen molar-refractivity contribution in [2.75, 3.05) is 21.3 Å². The average molecular weight is 249 g/mol. The van der Waals surface area contributed by atoms with Gasteiger partial charge in [0.15, 0.2) is 0 Å². The summed E-state index contributed by atoms with van der Waals surface area (Å²) in [6.07, 6.45) is 0. The first-order valence-electron chi connectivity index (χ1n) is 5.42. The Kier molecular flexibility index (Phi) is 3.14. The molecule has 0 amide bonds. The van der Waals surface area contributed by atoms with Crippen molar-refractivity contribution < 1.29 is 14.2 Å². The van der Waals surface area contributed by atoms with Crippen molar-refractivity contribution in [3.05, 3.63) is 28.6 Å². The molecule has 0 atom stereocenters. The lowest BCUT2D eigenvalue weighted by atomic mass is 10.1. The number of aryl methyl sites for hydroxylation is 1. The molecule has 0 aliphatic rings. The summed E-state index contributed by atoms with van der Waals surface area (Å²) in [7, 11) is 6.34. The van der Waals surface area contributed by atoms with E-state index in [1.807, 2.05) is 0 Å². The molecule has 1 aromatic carbocycles. The van der Waals surface area contributed by atoms with Crippen LogP contribution in [0.15, 0.2) is 23.0 Å². The van der Waals surface area contributed by atoms with Crippen LogP contribution in [0.1, 0.15) is 0 Å². The van der Waals surface area contributed by atoms with Crippen molar-refractivity contribution in [2.45, 2.75) is 0 Å². The average Bonchev–Trinajstić information content (AvgIpc) is 2.41. The third kappa shape index (κ3) is 1.68. The number of methoxy groups -OCH3 is 3. The summed E-state index contributed by atoms with van der Waals surface area (Å²) in [4.78, 5) is 11.9. The normalized spacial score (nSPS) is 10.4. The van der Waals surface area contributed by atoms with E-state index in [0.29, 0.717) is 22.8 Å². The molecule has 0 spiro atoms. The zero-order chi connectivity index (χ0) is 13.3. The first kappa shape index (κ1) is 12.3. The van der Waals surface area contributed by atoms with E-state index in [-0.39, 0.29) is 5.56 Å². The second-order valence-electron chi connectivity index (χ2n) is 3.80. The molecule has 0 saturated carbocycles. The van der Waals surface area contributed by atoms with Gasteiger partial charge in [0.2, 0.25) is 0 Å². The largest absolute Gasteiger partial charge is 0.496 e. The van der Waals surface area contributed by atoms with E-state index in [2.05, 4.69) is 0 Å². The van der Waals surface area contributed by atoms with E-state index in [1.54, 1.807) is 33.4 Å². The molecule has 0 N–H and O–H groups in total. The molecule has 0 unspecified atom stereocenters.